The van der Waals surface area contributed by atoms with Gasteiger partial charge in [0.1, 0.15) is 5.75 Å². The maximum atomic E-state index is 13.0. The first kappa shape index (κ1) is 20.2. The summed E-state index contributed by atoms with van der Waals surface area (Å²) in [5.41, 5.74) is 1.96. The molecule has 6 heteroatoms. The van der Waals surface area contributed by atoms with Gasteiger partial charge in [0.05, 0.1) is 26.9 Å². The molecule has 1 saturated heterocycles. The second kappa shape index (κ2) is 10.2. The Bertz CT molecular complexity index is 673. The van der Waals surface area contributed by atoms with Crippen LogP contribution in [0.15, 0.2) is 54.6 Å². The van der Waals surface area contributed by atoms with E-state index in [0.717, 1.165) is 23.5 Å². The molecule has 3 rings (SSSR count). The highest BCUT2D eigenvalue weighted by Gasteiger charge is 2.22. The molecule has 1 aliphatic heterocycles. The predicted molar refractivity (Wildman–Crippen MR) is 105 cm³/mol. The van der Waals surface area contributed by atoms with Gasteiger partial charge in [0.15, 0.2) is 0 Å². The molecule has 1 N–H and O–H groups in total. The molecule has 26 heavy (non-hydrogen) atoms. The van der Waals surface area contributed by atoms with Crippen LogP contribution < -0.4 is 15.0 Å². The van der Waals surface area contributed by atoms with Crippen LogP contribution in [0.3, 0.4) is 0 Å². The van der Waals surface area contributed by atoms with Crippen LogP contribution in [-0.2, 0) is 16.1 Å². The second-order valence-electron chi connectivity index (χ2n) is 6.09. The number of amides is 1. The van der Waals surface area contributed by atoms with Gasteiger partial charge in [-0.1, -0.05) is 30.3 Å². The Morgan fingerprint density at radius 1 is 1.19 bits per heavy atom. The SMILES string of the molecule is COc1ccc(N(Cc2ccccc2)C(=O)CC2COCCN2)cc1.Cl. The molecule has 140 valence electrons. The minimum atomic E-state index is 0. The highest BCUT2D eigenvalue weighted by Crippen LogP contribution is 2.22. The van der Waals surface area contributed by atoms with E-state index in [1.165, 1.54) is 0 Å². The normalized spacial score (nSPS) is 16.4. The number of halogens is 1. The lowest BCUT2D eigenvalue weighted by Gasteiger charge is -2.28. The molecule has 0 aromatic heterocycles. The van der Waals surface area contributed by atoms with Crippen molar-refractivity contribution >= 4 is 24.0 Å². The Balaban J connectivity index is 0.00000243. The van der Waals surface area contributed by atoms with Crippen LogP contribution >= 0.6 is 12.4 Å². The number of rotatable bonds is 6. The lowest BCUT2D eigenvalue weighted by molar-refractivity contribution is -0.119. The highest BCUT2D eigenvalue weighted by atomic mass is 35.5. The number of hydrogen-bond donors (Lipinski definition) is 1. The summed E-state index contributed by atoms with van der Waals surface area (Å²) in [6, 6.07) is 17.7. The largest absolute Gasteiger partial charge is 0.497 e. The van der Waals surface area contributed by atoms with Crippen LogP contribution in [0, 0.1) is 0 Å². The molecule has 0 bridgehead atoms. The summed E-state index contributed by atoms with van der Waals surface area (Å²) in [6.07, 6.45) is 0.416. The molecule has 1 atom stereocenters. The van der Waals surface area contributed by atoms with E-state index in [0.29, 0.717) is 26.2 Å². The molecule has 1 aliphatic rings. The van der Waals surface area contributed by atoms with E-state index in [-0.39, 0.29) is 24.4 Å². The summed E-state index contributed by atoms with van der Waals surface area (Å²) in [5.74, 6) is 0.857. The van der Waals surface area contributed by atoms with Crippen molar-refractivity contribution in [2.45, 2.75) is 19.0 Å². The van der Waals surface area contributed by atoms with Gasteiger partial charge in [0.25, 0.3) is 0 Å². The molecular weight excluding hydrogens is 352 g/mol. The Kier molecular flexibility index (Phi) is 7.91. The van der Waals surface area contributed by atoms with Crippen LogP contribution in [0.25, 0.3) is 0 Å². The zero-order valence-corrected chi connectivity index (χ0v) is 15.7. The average Bonchev–Trinajstić information content (AvgIpc) is 2.68. The molecule has 1 amide bonds. The van der Waals surface area contributed by atoms with E-state index in [1.54, 1.807) is 7.11 Å². The third kappa shape index (κ3) is 5.46. The van der Waals surface area contributed by atoms with Gasteiger partial charge in [-0.25, -0.2) is 0 Å². The first-order valence-electron chi connectivity index (χ1n) is 8.56. The van der Waals surface area contributed by atoms with Crippen molar-refractivity contribution < 1.29 is 14.3 Å². The molecular formula is C20H25ClN2O3. The number of morpholine rings is 1. The number of hydrogen-bond acceptors (Lipinski definition) is 4. The molecule has 0 radical (unpaired) electrons. The van der Waals surface area contributed by atoms with Crippen molar-refractivity contribution in [3.05, 3.63) is 60.2 Å². The van der Waals surface area contributed by atoms with E-state index >= 15 is 0 Å². The predicted octanol–water partition coefficient (Wildman–Crippen LogP) is 3.03. The monoisotopic (exact) mass is 376 g/mol. The minimum absolute atomic E-state index is 0. The van der Waals surface area contributed by atoms with Crippen LogP contribution in [0.4, 0.5) is 5.69 Å². The van der Waals surface area contributed by atoms with Gasteiger partial charge in [-0.3, -0.25) is 4.79 Å². The summed E-state index contributed by atoms with van der Waals surface area (Å²) in [6.45, 7) is 2.61. The quantitative estimate of drug-likeness (QED) is 0.842. The van der Waals surface area contributed by atoms with Gasteiger partial charge >= 0.3 is 0 Å². The molecule has 5 nitrogen and oxygen atoms in total. The second-order valence-corrected chi connectivity index (χ2v) is 6.09. The van der Waals surface area contributed by atoms with Crippen LogP contribution in [0.2, 0.25) is 0 Å². The third-order valence-electron chi connectivity index (χ3n) is 4.29. The van der Waals surface area contributed by atoms with Crippen molar-refractivity contribution in [3.63, 3.8) is 0 Å². The number of carbonyl (C=O) groups is 1. The maximum Gasteiger partial charge on any atom is 0.228 e. The molecule has 2 aromatic rings. The van der Waals surface area contributed by atoms with Gasteiger partial charge in [-0.15, -0.1) is 12.4 Å². The van der Waals surface area contributed by atoms with Crippen molar-refractivity contribution in [2.24, 2.45) is 0 Å². The van der Waals surface area contributed by atoms with Crippen molar-refractivity contribution in [3.8, 4) is 5.75 Å². The summed E-state index contributed by atoms with van der Waals surface area (Å²) >= 11 is 0. The molecule has 1 fully saturated rings. The van der Waals surface area contributed by atoms with Gasteiger partial charge in [0.2, 0.25) is 5.91 Å². The fourth-order valence-corrected chi connectivity index (χ4v) is 2.92. The summed E-state index contributed by atoms with van der Waals surface area (Å²) in [5, 5.41) is 3.35. The van der Waals surface area contributed by atoms with E-state index < -0.39 is 0 Å². The van der Waals surface area contributed by atoms with Crippen molar-refractivity contribution in [2.75, 3.05) is 31.8 Å². The van der Waals surface area contributed by atoms with Gasteiger partial charge < -0.3 is 19.7 Å². The Morgan fingerprint density at radius 3 is 2.54 bits per heavy atom. The zero-order chi connectivity index (χ0) is 17.5. The van der Waals surface area contributed by atoms with Crippen LogP contribution in [0.1, 0.15) is 12.0 Å². The first-order chi connectivity index (χ1) is 12.3. The molecule has 2 aromatic carbocycles. The van der Waals surface area contributed by atoms with Crippen LogP contribution in [0.5, 0.6) is 5.75 Å². The summed E-state index contributed by atoms with van der Waals surface area (Å²) < 4.78 is 10.7. The van der Waals surface area contributed by atoms with Crippen molar-refractivity contribution in [1.82, 2.24) is 5.32 Å². The number of carbonyl (C=O) groups excluding carboxylic acids is 1. The first-order valence-corrected chi connectivity index (χ1v) is 8.56. The average molecular weight is 377 g/mol. The highest BCUT2D eigenvalue weighted by molar-refractivity contribution is 5.93. The number of anilines is 1. The number of benzene rings is 2. The number of nitrogens with one attached hydrogen (secondary N) is 1. The third-order valence-corrected chi connectivity index (χ3v) is 4.29. The summed E-state index contributed by atoms with van der Waals surface area (Å²) in [4.78, 5) is 14.8. The molecule has 0 aliphatic carbocycles. The number of ether oxygens (including phenoxy) is 2. The van der Waals surface area contributed by atoms with E-state index in [2.05, 4.69) is 5.32 Å². The number of nitrogens with zero attached hydrogens (tertiary/aromatic N) is 1. The van der Waals surface area contributed by atoms with E-state index in [1.807, 2.05) is 59.5 Å². The van der Waals surface area contributed by atoms with Crippen molar-refractivity contribution in [1.29, 1.82) is 0 Å². The maximum absolute atomic E-state index is 13.0. The molecule has 0 spiro atoms. The molecule has 0 saturated carbocycles. The smallest absolute Gasteiger partial charge is 0.228 e. The summed E-state index contributed by atoms with van der Waals surface area (Å²) in [7, 11) is 1.64. The van der Waals surface area contributed by atoms with Gasteiger partial charge in [-0.05, 0) is 29.8 Å². The lowest BCUT2D eigenvalue weighted by Crippen LogP contribution is -2.45. The Morgan fingerprint density at radius 2 is 1.92 bits per heavy atom. The molecule has 1 heterocycles. The van der Waals surface area contributed by atoms with Gasteiger partial charge in [-0.2, -0.15) is 0 Å². The minimum Gasteiger partial charge on any atom is -0.497 e. The van der Waals surface area contributed by atoms with E-state index in [9.17, 15) is 4.79 Å². The molecule has 1 unspecified atom stereocenters. The van der Waals surface area contributed by atoms with Gasteiger partial charge in [0, 0.05) is 24.7 Å². The zero-order valence-electron chi connectivity index (χ0n) is 14.9. The topological polar surface area (TPSA) is 50.8 Å². The Labute approximate surface area is 160 Å². The lowest BCUT2D eigenvalue weighted by atomic mass is 10.1. The Hall–Kier alpha value is -2.08. The standard InChI is InChI=1S/C20H24N2O3.ClH/c1-24-19-9-7-18(8-10-19)22(14-16-5-3-2-4-6-16)20(23)13-17-15-25-12-11-21-17;/h2-10,17,21H,11-15H2,1H3;1H. The fraction of sp³-hybridized carbons (Fsp3) is 0.350. The fourth-order valence-electron chi connectivity index (χ4n) is 2.92. The number of methoxy groups -OCH3 is 1. The van der Waals surface area contributed by atoms with Crippen LogP contribution in [-0.4, -0.2) is 38.8 Å². The van der Waals surface area contributed by atoms with E-state index in [4.69, 9.17) is 9.47 Å².